The molecule has 0 aliphatic carbocycles. The molecule has 0 aliphatic rings. The van der Waals surface area contributed by atoms with Crippen molar-refractivity contribution < 1.29 is 17.9 Å². The monoisotopic (exact) mass is 429 g/mol. The van der Waals surface area contributed by atoms with Crippen LogP contribution in [0, 0.1) is 0 Å². The summed E-state index contributed by atoms with van der Waals surface area (Å²) in [7, 11) is -0.659. The number of rotatable bonds is 6. The first-order valence-electron chi connectivity index (χ1n) is 8.83. The number of nitrogens with zero attached hydrogens (tertiary/aromatic N) is 1. The van der Waals surface area contributed by atoms with Crippen LogP contribution in [-0.4, -0.2) is 32.8 Å². The zero-order valence-corrected chi connectivity index (χ0v) is 17.5. The van der Waals surface area contributed by atoms with Gasteiger partial charge in [-0.15, -0.1) is 0 Å². The molecular weight excluding hydrogens is 410 g/mol. The highest BCUT2D eigenvalue weighted by atomic mass is 35.5. The van der Waals surface area contributed by atoms with Gasteiger partial charge in [-0.05, 0) is 47.5 Å². The lowest BCUT2D eigenvalue weighted by Gasteiger charge is -2.19. The summed E-state index contributed by atoms with van der Waals surface area (Å²) in [5.41, 5.74) is 1.85. The largest absolute Gasteiger partial charge is 0.449 e. The molecule has 0 N–H and O–H groups in total. The molecule has 0 amide bonds. The van der Waals surface area contributed by atoms with E-state index in [1.807, 2.05) is 30.3 Å². The number of carbonyl (C=O) groups excluding carboxylic acids is 1. The first-order valence-corrected chi connectivity index (χ1v) is 10.6. The predicted octanol–water partition coefficient (Wildman–Crippen LogP) is 4.54. The average Bonchev–Trinajstić information content (AvgIpc) is 2.73. The molecule has 0 saturated carbocycles. The van der Waals surface area contributed by atoms with E-state index >= 15 is 0 Å². The van der Waals surface area contributed by atoms with Gasteiger partial charge in [-0.2, -0.15) is 0 Å². The van der Waals surface area contributed by atoms with Crippen molar-refractivity contribution in [3.8, 4) is 0 Å². The summed E-state index contributed by atoms with van der Waals surface area (Å²) in [5, 5.41) is 0.588. The highest BCUT2D eigenvalue weighted by Gasteiger charge is 2.22. The van der Waals surface area contributed by atoms with Crippen LogP contribution < -0.4 is 0 Å². The molecule has 5 nitrogen and oxygen atoms in total. The number of halogens is 1. The Morgan fingerprint density at radius 2 is 1.41 bits per heavy atom. The van der Waals surface area contributed by atoms with E-state index in [1.165, 1.54) is 38.4 Å². The average molecular weight is 430 g/mol. The van der Waals surface area contributed by atoms with Gasteiger partial charge in [0.1, 0.15) is 0 Å². The van der Waals surface area contributed by atoms with Crippen LogP contribution in [0.25, 0.3) is 0 Å². The van der Waals surface area contributed by atoms with Gasteiger partial charge < -0.3 is 4.74 Å². The van der Waals surface area contributed by atoms with E-state index in [2.05, 4.69) is 0 Å². The summed E-state index contributed by atoms with van der Waals surface area (Å²) in [4.78, 5) is 12.9. The topological polar surface area (TPSA) is 63.7 Å². The molecule has 0 fully saturated rings. The van der Waals surface area contributed by atoms with E-state index in [-0.39, 0.29) is 10.5 Å². The number of hydrogen-bond acceptors (Lipinski definition) is 4. The zero-order valence-electron chi connectivity index (χ0n) is 15.9. The highest BCUT2D eigenvalue weighted by molar-refractivity contribution is 7.89. The van der Waals surface area contributed by atoms with Crippen LogP contribution in [-0.2, 0) is 14.8 Å². The Morgan fingerprint density at radius 3 is 1.97 bits per heavy atom. The van der Waals surface area contributed by atoms with Crippen molar-refractivity contribution in [2.75, 3.05) is 14.1 Å². The van der Waals surface area contributed by atoms with Gasteiger partial charge in [0.15, 0.2) is 6.10 Å². The molecule has 0 saturated heterocycles. The molecule has 0 aliphatic heterocycles. The third kappa shape index (κ3) is 4.85. The second-order valence-corrected chi connectivity index (χ2v) is 9.15. The van der Waals surface area contributed by atoms with Gasteiger partial charge >= 0.3 is 5.97 Å². The SMILES string of the molecule is CN(C)S(=O)(=O)c1ccc(C(=O)O[C@@H](c2ccccc2)c2ccc(Cl)cc2)cc1. The maximum Gasteiger partial charge on any atom is 0.339 e. The van der Waals surface area contributed by atoms with Crippen molar-refractivity contribution >= 4 is 27.6 Å². The van der Waals surface area contributed by atoms with E-state index in [1.54, 1.807) is 24.3 Å². The second kappa shape index (κ2) is 8.78. The highest BCUT2D eigenvalue weighted by Crippen LogP contribution is 2.28. The normalized spacial score (nSPS) is 12.6. The van der Waals surface area contributed by atoms with Gasteiger partial charge in [-0.25, -0.2) is 17.5 Å². The molecule has 3 aromatic rings. The van der Waals surface area contributed by atoms with Crippen LogP contribution in [0.2, 0.25) is 5.02 Å². The van der Waals surface area contributed by atoms with Crippen LogP contribution in [0.1, 0.15) is 27.6 Å². The van der Waals surface area contributed by atoms with Crippen molar-refractivity contribution in [3.63, 3.8) is 0 Å². The fourth-order valence-corrected chi connectivity index (χ4v) is 3.77. The third-order valence-electron chi connectivity index (χ3n) is 4.37. The first-order chi connectivity index (χ1) is 13.8. The Balaban J connectivity index is 1.88. The minimum Gasteiger partial charge on any atom is -0.449 e. The van der Waals surface area contributed by atoms with Crippen molar-refractivity contribution in [2.45, 2.75) is 11.0 Å². The van der Waals surface area contributed by atoms with Crippen LogP contribution in [0.4, 0.5) is 0 Å². The molecular formula is C22H20ClNO4S. The summed E-state index contributed by atoms with van der Waals surface area (Å²) in [6.45, 7) is 0. The van der Waals surface area contributed by atoms with Gasteiger partial charge in [0, 0.05) is 19.1 Å². The van der Waals surface area contributed by atoms with E-state index in [4.69, 9.17) is 16.3 Å². The Kier molecular flexibility index (Phi) is 6.37. The summed E-state index contributed by atoms with van der Waals surface area (Å²) >= 11 is 5.98. The molecule has 0 spiro atoms. The predicted molar refractivity (Wildman–Crippen MR) is 112 cm³/mol. The van der Waals surface area contributed by atoms with Crippen LogP contribution in [0.15, 0.2) is 83.8 Å². The Morgan fingerprint density at radius 1 is 0.862 bits per heavy atom. The summed E-state index contributed by atoms with van der Waals surface area (Å²) in [5.74, 6) is -0.553. The standard InChI is InChI=1S/C22H20ClNO4S/c1-24(2)29(26,27)20-14-10-18(11-15-20)22(25)28-21(16-6-4-3-5-7-16)17-8-12-19(23)13-9-17/h3-15,21H,1-2H3/t21-/m0/s1. The third-order valence-corrected chi connectivity index (χ3v) is 6.45. The molecule has 0 heterocycles. The Labute approximate surface area is 175 Å². The molecule has 0 radical (unpaired) electrons. The maximum absolute atomic E-state index is 12.8. The minimum atomic E-state index is -3.56. The lowest BCUT2D eigenvalue weighted by molar-refractivity contribution is 0.0378. The number of carbonyl (C=O) groups is 1. The number of ether oxygens (including phenoxy) is 1. The maximum atomic E-state index is 12.8. The molecule has 3 aromatic carbocycles. The van der Waals surface area contributed by atoms with Gasteiger partial charge in [0.25, 0.3) is 0 Å². The second-order valence-electron chi connectivity index (χ2n) is 6.56. The zero-order chi connectivity index (χ0) is 21.0. The molecule has 0 bridgehead atoms. The van der Waals surface area contributed by atoms with Gasteiger partial charge in [0.05, 0.1) is 10.5 Å². The molecule has 150 valence electrons. The quantitative estimate of drug-likeness (QED) is 0.540. The van der Waals surface area contributed by atoms with Crippen molar-refractivity contribution in [3.05, 3.63) is 101 Å². The fraction of sp³-hybridized carbons (Fsp3) is 0.136. The summed E-state index contributed by atoms with van der Waals surface area (Å²) in [6.07, 6.45) is -0.619. The van der Waals surface area contributed by atoms with Crippen molar-refractivity contribution in [2.24, 2.45) is 0 Å². The fourth-order valence-electron chi connectivity index (χ4n) is 2.74. The number of esters is 1. The lowest BCUT2D eigenvalue weighted by atomic mass is 10.0. The van der Waals surface area contributed by atoms with E-state index < -0.39 is 22.1 Å². The first kappa shape index (κ1) is 21.0. The van der Waals surface area contributed by atoms with E-state index in [0.29, 0.717) is 5.02 Å². The molecule has 1 atom stereocenters. The Hall–Kier alpha value is -2.67. The number of hydrogen-bond donors (Lipinski definition) is 0. The number of sulfonamides is 1. The van der Waals surface area contributed by atoms with Crippen LogP contribution >= 0.6 is 11.6 Å². The van der Waals surface area contributed by atoms with Crippen LogP contribution in [0.5, 0.6) is 0 Å². The minimum absolute atomic E-state index is 0.108. The van der Waals surface area contributed by atoms with Crippen molar-refractivity contribution in [1.29, 1.82) is 0 Å². The van der Waals surface area contributed by atoms with Gasteiger partial charge in [0.2, 0.25) is 10.0 Å². The Bertz CT molecular complexity index is 1080. The van der Waals surface area contributed by atoms with E-state index in [9.17, 15) is 13.2 Å². The summed E-state index contributed by atoms with van der Waals surface area (Å²) in [6, 6.07) is 22.1. The lowest BCUT2D eigenvalue weighted by Crippen LogP contribution is -2.22. The van der Waals surface area contributed by atoms with Crippen molar-refractivity contribution in [1.82, 2.24) is 4.31 Å². The smallest absolute Gasteiger partial charge is 0.339 e. The molecule has 29 heavy (non-hydrogen) atoms. The van der Waals surface area contributed by atoms with Crippen LogP contribution in [0.3, 0.4) is 0 Å². The van der Waals surface area contributed by atoms with Gasteiger partial charge in [-0.1, -0.05) is 54.1 Å². The summed E-state index contributed by atoms with van der Waals surface area (Å²) < 4.78 is 31.3. The van der Waals surface area contributed by atoms with E-state index in [0.717, 1.165) is 15.4 Å². The molecule has 0 aromatic heterocycles. The van der Waals surface area contributed by atoms with Gasteiger partial charge in [-0.3, -0.25) is 0 Å². The molecule has 3 rings (SSSR count). The number of benzene rings is 3. The molecule has 7 heteroatoms. The molecule has 0 unspecified atom stereocenters.